The highest BCUT2D eigenvalue weighted by Crippen LogP contribution is 2.24. The van der Waals surface area contributed by atoms with Gasteiger partial charge in [-0.25, -0.2) is 17.9 Å². The first kappa shape index (κ1) is 13.8. The zero-order chi connectivity index (χ0) is 16.0. The minimum atomic E-state index is -3.46. The Balaban J connectivity index is 1.96. The summed E-state index contributed by atoms with van der Waals surface area (Å²) in [6, 6.07) is 13.5. The molecule has 0 fully saturated rings. The van der Waals surface area contributed by atoms with E-state index in [0.29, 0.717) is 0 Å². The Labute approximate surface area is 132 Å². The summed E-state index contributed by atoms with van der Waals surface area (Å²) >= 11 is 0. The van der Waals surface area contributed by atoms with Crippen molar-refractivity contribution in [3.05, 3.63) is 54.9 Å². The van der Waals surface area contributed by atoms with Gasteiger partial charge in [0, 0.05) is 23.4 Å². The molecule has 23 heavy (non-hydrogen) atoms. The zero-order valence-electron chi connectivity index (χ0n) is 12.2. The number of pyridine rings is 1. The van der Waals surface area contributed by atoms with Gasteiger partial charge in [-0.05, 0) is 24.3 Å². The molecule has 3 heterocycles. The Morgan fingerprint density at radius 2 is 1.83 bits per heavy atom. The normalized spacial score (nSPS) is 12.0. The fraction of sp³-hybridized carbons (Fsp3) is 0.0625. The molecule has 114 valence electrons. The van der Waals surface area contributed by atoms with E-state index in [1.54, 1.807) is 10.7 Å². The fourth-order valence-corrected chi connectivity index (χ4v) is 2.96. The van der Waals surface area contributed by atoms with Crippen molar-refractivity contribution in [3.8, 4) is 11.3 Å². The second-order valence-electron chi connectivity index (χ2n) is 5.28. The van der Waals surface area contributed by atoms with Gasteiger partial charge in [0.1, 0.15) is 0 Å². The number of para-hydroxylation sites is 1. The highest BCUT2D eigenvalue weighted by atomic mass is 32.2. The van der Waals surface area contributed by atoms with Gasteiger partial charge >= 0.3 is 0 Å². The number of hydrogen-bond acceptors (Lipinski definition) is 5. The van der Waals surface area contributed by atoms with Crippen molar-refractivity contribution >= 4 is 26.3 Å². The van der Waals surface area contributed by atoms with Crippen molar-refractivity contribution in [3.63, 3.8) is 0 Å². The lowest BCUT2D eigenvalue weighted by molar-refractivity contribution is 0.587. The van der Waals surface area contributed by atoms with Gasteiger partial charge in [0.2, 0.25) is 9.84 Å². The molecule has 0 unspecified atom stereocenters. The molecule has 0 aliphatic heterocycles. The number of sulfone groups is 1. The summed E-state index contributed by atoms with van der Waals surface area (Å²) in [7, 11) is -3.46. The molecular formula is C16H12N4O2S. The minimum absolute atomic E-state index is 0.198. The maximum absolute atomic E-state index is 11.7. The van der Waals surface area contributed by atoms with Crippen LogP contribution in [0, 0.1) is 0 Å². The summed E-state index contributed by atoms with van der Waals surface area (Å²) < 4.78 is 24.9. The molecule has 1 aromatic carbocycles. The molecule has 0 spiro atoms. The molecule has 7 heteroatoms. The van der Waals surface area contributed by atoms with E-state index in [1.165, 1.54) is 6.20 Å². The molecule has 4 rings (SSSR count). The maximum Gasteiger partial charge on any atom is 0.265 e. The molecule has 0 aliphatic carbocycles. The minimum Gasteiger partial charge on any atom is -0.256 e. The van der Waals surface area contributed by atoms with E-state index in [-0.39, 0.29) is 5.16 Å². The third-order valence-corrected chi connectivity index (χ3v) is 4.45. The first-order valence-electron chi connectivity index (χ1n) is 6.92. The largest absolute Gasteiger partial charge is 0.265 e. The van der Waals surface area contributed by atoms with Crippen LogP contribution in [0.4, 0.5) is 0 Å². The van der Waals surface area contributed by atoms with Crippen molar-refractivity contribution in [2.75, 3.05) is 6.26 Å². The third kappa shape index (κ3) is 2.35. The van der Waals surface area contributed by atoms with Gasteiger partial charge < -0.3 is 0 Å². The molecule has 4 aromatic rings. The van der Waals surface area contributed by atoms with E-state index < -0.39 is 9.84 Å². The standard InChI is InChI=1S/C16H12N4O2S/c1-23(21,22)16-18-10-13-6-7-15(20(13)19-16)12-8-11-4-2-3-5-14(11)17-9-12/h2-10H,1H3. The zero-order valence-corrected chi connectivity index (χ0v) is 13.0. The number of fused-ring (bicyclic) bond motifs is 2. The number of nitrogens with zero attached hydrogens (tertiary/aromatic N) is 4. The van der Waals surface area contributed by atoms with E-state index in [4.69, 9.17) is 0 Å². The highest BCUT2D eigenvalue weighted by Gasteiger charge is 2.14. The summed E-state index contributed by atoms with van der Waals surface area (Å²) in [5.41, 5.74) is 3.26. The summed E-state index contributed by atoms with van der Waals surface area (Å²) in [5, 5.41) is 4.97. The molecule has 3 aromatic heterocycles. The molecule has 0 amide bonds. The molecule has 0 aliphatic rings. The number of benzene rings is 1. The monoisotopic (exact) mass is 324 g/mol. The van der Waals surface area contributed by atoms with Crippen molar-refractivity contribution in [2.24, 2.45) is 0 Å². The van der Waals surface area contributed by atoms with Crippen molar-refractivity contribution in [1.82, 2.24) is 19.6 Å². The van der Waals surface area contributed by atoms with Gasteiger partial charge in [-0.15, -0.1) is 5.10 Å². The second-order valence-corrected chi connectivity index (χ2v) is 7.19. The van der Waals surface area contributed by atoms with Gasteiger partial charge in [0.15, 0.2) is 0 Å². The maximum atomic E-state index is 11.7. The fourth-order valence-electron chi connectivity index (χ4n) is 2.49. The van der Waals surface area contributed by atoms with Crippen LogP contribution < -0.4 is 0 Å². The molecular weight excluding hydrogens is 312 g/mol. The molecule has 0 bridgehead atoms. The predicted octanol–water partition coefficient (Wildman–Crippen LogP) is 2.35. The molecule has 0 radical (unpaired) electrons. The quantitative estimate of drug-likeness (QED) is 0.565. The molecule has 6 nitrogen and oxygen atoms in total. The number of rotatable bonds is 2. The van der Waals surface area contributed by atoms with Gasteiger partial charge in [0.05, 0.1) is 22.9 Å². The smallest absolute Gasteiger partial charge is 0.256 e. The van der Waals surface area contributed by atoms with Crippen LogP contribution in [-0.2, 0) is 9.84 Å². The van der Waals surface area contributed by atoms with Crippen LogP contribution >= 0.6 is 0 Å². The summed E-state index contributed by atoms with van der Waals surface area (Å²) in [4.78, 5) is 8.34. The molecule has 0 saturated carbocycles. The first-order valence-corrected chi connectivity index (χ1v) is 8.81. The van der Waals surface area contributed by atoms with Crippen LogP contribution in [0.25, 0.3) is 27.7 Å². The van der Waals surface area contributed by atoms with Gasteiger partial charge in [-0.2, -0.15) is 0 Å². The second kappa shape index (κ2) is 4.85. The van der Waals surface area contributed by atoms with E-state index >= 15 is 0 Å². The third-order valence-electron chi connectivity index (χ3n) is 3.60. The Kier molecular flexibility index (Phi) is 2.92. The summed E-state index contributed by atoms with van der Waals surface area (Å²) in [5.74, 6) is 0. The highest BCUT2D eigenvalue weighted by molar-refractivity contribution is 7.90. The van der Waals surface area contributed by atoms with Crippen LogP contribution in [0.2, 0.25) is 0 Å². The average Bonchev–Trinajstić information content (AvgIpc) is 2.96. The van der Waals surface area contributed by atoms with Gasteiger partial charge in [0.25, 0.3) is 5.16 Å². The summed E-state index contributed by atoms with van der Waals surface area (Å²) in [6.45, 7) is 0. The van der Waals surface area contributed by atoms with Crippen LogP contribution in [-0.4, -0.2) is 34.3 Å². The van der Waals surface area contributed by atoms with Crippen LogP contribution in [0.15, 0.2) is 60.0 Å². The lowest BCUT2D eigenvalue weighted by atomic mass is 10.1. The first-order chi connectivity index (χ1) is 11.0. The topological polar surface area (TPSA) is 77.2 Å². The molecule has 0 N–H and O–H groups in total. The van der Waals surface area contributed by atoms with Gasteiger partial charge in [-0.1, -0.05) is 18.2 Å². The van der Waals surface area contributed by atoms with Gasteiger partial charge in [-0.3, -0.25) is 4.98 Å². The van der Waals surface area contributed by atoms with Crippen LogP contribution in [0.3, 0.4) is 0 Å². The number of aromatic nitrogens is 4. The molecule has 0 atom stereocenters. The SMILES string of the molecule is CS(=O)(=O)c1ncc2ccc(-c3cnc4ccccc4c3)n2n1. The van der Waals surface area contributed by atoms with E-state index in [2.05, 4.69) is 15.1 Å². The molecule has 0 saturated heterocycles. The number of hydrogen-bond donors (Lipinski definition) is 0. The van der Waals surface area contributed by atoms with Crippen molar-refractivity contribution in [1.29, 1.82) is 0 Å². The van der Waals surface area contributed by atoms with Crippen LogP contribution in [0.5, 0.6) is 0 Å². The van der Waals surface area contributed by atoms with Crippen LogP contribution in [0.1, 0.15) is 0 Å². The Bertz CT molecular complexity index is 1150. The van der Waals surface area contributed by atoms with E-state index in [9.17, 15) is 8.42 Å². The van der Waals surface area contributed by atoms with Crippen molar-refractivity contribution in [2.45, 2.75) is 5.16 Å². The van der Waals surface area contributed by atoms with E-state index in [0.717, 1.165) is 33.9 Å². The van der Waals surface area contributed by atoms with Crippen molar-refractivity contribution < 1.29 is 8.42 Å². The summed E-state index contributed by atoms with van der Waals surface area (Å²) in [6.07, 6.45) is 4.35. The lowest BCUT2D eigenvalue weighted by Crippen LogP contribution is -2.08. The Morgan fingerprint density at radius 1 is 1.00 bits per heavy atom. The average molecular weight is 324 g/mol. The lowest BCUT2D eigenvalue weighted by Gasteiger charge is -2.05. The predicted molar refractivity (Wildman–Crippen MR) is 86.8 cm³/mol. The Morgan fingerprint density at radius 3 is 2.65 bits per heavy atom. The Hall–Kier alpha value is -2.80. The van der Waals surface area contributed by atoms with E-state index in [1.807, 2.05) is 42.5 Å².